The van der Waals surface area contributed by atoms with Crippen LogP contribution in [0, 0.1) is 11.8 Å². The zero-order chi connectivity index (χ0) is 17.5. The van der Waals surface area contributed by atoms with Crippen molar-refractivity contribution in [3.8, 4) is 0 Å². The summed E-state index contributed by atoms with van der Waals surface area (Å²) >= 11 is 0. The van der Waals surface area contributed by atoms with Crippen LogP contribution >= 0.6 is 0 Å². The number of hydrogen-bond acceptors (Lipinski definition) is 5. The van der Waals surface area contributed by atoms with Crippen LogP contribution in [0.15, 0.2) is 11.0 Å². The summed E-state index contributed by atoms with van der Waals surface area (Å²) in [4.78, 5) is 30.7. The van der Waals surface area contributed by atoms with E-state index >= 15 is 0 Å². The number of nitrogens with one attached hydrogen (secondary N) is 2. The van der Waals surface area contributed by atoms with Crippen molar-refractivity contribution in [3.63, 3.8) is 0 Å². The fourth-order valence-corrected chi connectivity index (χ4v) is 3.00. The minimum Gasteiger partial charge on any atom is -0.481 e. The lowest BCUT2D eigenvalue weighted by atomic mass is 9.76. The van der Waals surface area contributed by atoms with Crippen molar-refractivity contribution in [1.29, 1.82) is 0 Å². The first kappa shape index (κ1) is 16.5. The van der Waals surface area contributed by atoms with Gasteiger partial charge in [0.25, 0.3) is 5.56 Å². The standard InChI is InChI=1S/C16H23N5O3/c1-16(2,3)21-12-11(8-18-21)13(22)20-15(19-12)17-7-10(14(23)24)9-5-4-6-9/h8-10H,4-7H2,1-3H3,(H,23,24)(H2,17,19,20,22). The van der Waals surface area contributed by atoms with E-state index in [1.807, 2.05) is 20.8 Å². The van der Waals surface area contributed by atoms with Gasteiger partial charge < -0.3 is 10.4 Å². The summed E-state index contributed by atoms with van der Waals surface area (Å²) in [7, 11) is 0. The Bertz CT molecular complexity index is 813. The summed E-state index contributed by atoms with van der Waals surface area (Å²) in [6.45, 7) is 6.18. The second-order valence-electron chi connectivity index (χ2n) is 7.40. The Hall–Kier alpha value is -2.38. The van der Waals surface area contributed by atoms with Crippen LogP contribution < -0.4 is 10.9 Å². The van der Waals surface area contributed by atoms with Gasteiger partial charge in [0.1, 0.15) is 5.39 Å². The van der Waals surface area contributed by atoms with E-state index in [2.05, 4.69) is 20.4 Å². The number of hydrogen-bond donors (Lipinski definition) is 3. The van der Waals surface area contributed by atoms with Crippen LogP contribution in [-0.2, 0) is 10.3 Å². The first-order chi connectivity index (χ1) is 11.3. The normalized spacial score (nSPS) is 16.8. The fraction of sp³-hybridized carbons (Fsp3) is 0.625. The lowest BCUT2D eigenvalue weighted by Gasteiger charge is -2.31. The monoisotopic (exact) mass is 333 g/mol. The molecule has 2 heterocycles. The lowest BCUT2D eigenvalue weighted by Crippen LogP contribution is -2.34. The number of anilines is 1. The molecule has 1 aliphatic carbocycles. The molecule has 3 N–H and O–H groups in total. The van der Waals surface area contributed by atoms with E-state index in [0.29, 0.717) is 11.0 Å². The summed E-state index contributed by atoms with van der Waals surface area (Å²) in [6, 6.07) is 0. The molecule has 0 aromatic carbocycles. The number of carboxylic acid groups (broad SMARTS) is 1. The molecule has 8 heteroatoms. The zero-order valence-electron chi connectivity index (χ0n) is 14.2. The van der Waals surface area contributed by atoms with E-state index in [1.165, 1.54) is 6.20 Å². The van der Waals surface area contributed by atoms with E-state index in [-0.39, 0.29) is 29.5 Å². The molecule has 0 radical (unpaired) electrons. The largest absolute Gasteiger partial charge is 0.481 e. The Morgan fingerprint density at radius 2 is 2.21 bits per heavy atom. The Kier molecular flexibility index (Phi) is 4.06. The molecule has 1 aliphatic rings. The number of aromatic amines is 1. The van der Waals surface area contributed by atoms with Crippen LogP contribution in [0.1, 0.15) is 40.0 Å². The van der Waals surface area contributed by atoms with Gasteiger partial charge >= 0.3 is 5.97 Å². The van der Waals surface area contributed by atoms with Crippen molar-refractivity contribution >= 4 is 23.0 Å². The van der Waals surface area contributed by atoms with Crippen molar-refractivity contribution in [2.45, 2.75) is 45.6 Å². The molecular formula is C16H23N5O3. The highest BCUT2D eigenvalue weighted by atomic mass is 16.4. The van der Waals surface area contributed by atoms with Gasteiger partial charge in [-0.1, -0.05) is 6.42 Å². The van der Waals surface area contributed by atoms with Gasteiger partial charge in [0, 0.05) is 6.54 Å². The van der Waals surface area contributed by atoms with Gasteiger partial charge in [-0.2, -0.15) is 10.1 Å². The van der Waals surface area contributed by atoms with Crippen molar-refractivity contribution in [2.75, 3.05) is 11.9 Å². The molecule has 2 aromatic heterocycles. The summed E-state index contributed by atoms with van der Waals surface area (Å²) < 4.78 is 1.70. The highest BCUT2D eigenvalue weighted by Crippen LogP contribution is 2.33. The van der Waals surface area contributed by atoms with Crippen LogP contribution in [-0.4, -0.2) is 37.4 Å². The third-order valence-electron chi connectivity index (χ3n) is 4.60. The minimum absolute atomic E-state index is 0.200. The second kappa shape index (κ2) is 5.92. The third kappa shape index (κ3) is 3.00. The number of nitrogens with zero attached hydrogens (tertiary/aromatic N) is 3. The second-order valence-corrected chi connectivity index (χ2v) is 7.40. The minimum atomic E-state index is -0.810. The molecule has 1 atom stereocenters. The topological polar surface area (TPSA) is 113 Å². The molecule has 1 saturated carbocycles. The van der Waals surface area contributed by atoms with Gasteiger partial charge in [-0.05, 0) is 39.5 Å². The molecule has 0 amide bonds. The highest BCUT2D eigenvalue weighted by Gasteiger charge is 2.32. The summed E-state index contributed by atoms with van der Waals surface area (Å²) in [5, 5.41) is 17.0. The van der Waals surface area contributed by atoms with Gasteiger partial charge in [0.15, 0.2) is 5.65 Å². The van der Waals surface area contributed by atoms with Gasteiger partial charge in [0.2, 0.25) is 5.95 Å². The van der Waals surface area contributed by atoms with E-state index in [4.69, 9.17) is 0 Å². The smallest absolute Gasteiger partial charge is 0.308 e. The van der Waals surface area contributed by atoms with Gasteiger partial charge in [0.05, 0.1) is 17.7 Å². The SMILES string of the molecule is CC(C)(C)n1ncc2c(=O)[nH]c(NCC(C(=O)O)C3CCC3)nc21. The molecule has 24 heavy (non-hydrogen) atoms. The Morgan fingerprint density at radius 3 is 2.75 bits per heavy atom. The fourth-order valence-electron chi connectivity index (χ4n) is 3.00. The van der Waals surface area contributed by atoms with E-state index in [1.54, 1.807) is 4.68 Å². The number of carbonyl (C=O) groups is 1. The number of H-pyrrole nitrogens is 1. The molecule has 0 aliphatic heterocycles. The average Bonchev–Trinajstić information content (AvgIpc) is 2.85. The molecular weight excluding hydrogens is 310 g/mol. The van der Waals surface area contributed by atoms with Crippen molar-refractivity contribution in [1.82, 2.24) is 19.7 Å². The lowest BCUT2D eigenvalue weighted by molar-refractivity contribution is -0.144. The van der Waals surface area contributed by atoms with E-state index in [0.717, 1.165) is 19.3 Å². The maximum atomic E-state index is 12.2. The third-order valence-corrected chi connectivity index (χ3v) is 4.60. The number of rotatable bonds is 5. The number of carboxylic acids is 1. The molecule has 0 saturated heterocycles. The highest BCUT2D eigenvalue weighted by molar-refractivity contribution is 5.75. The van der Waals surface area contributed by atoms with E-state index < -0.39 is 11.9 Å². The summed E-state index contributed by atoms with van der Waals surface area (Å²) in [6.07, 6.45) is 4.47. The predicted octanol–water partition coefficient (Wildman–Crippen LogP) is 1.79. The zero-order valence-corrected chi connectivity index (χ0v) is 14.2. The van der Waals surface area contributed by atoms with Crippen LogP contribution in [0.4, 0.5) is 5.95 Å². The molecule has 0 spiro atoms. The van der Waals surface area contributed by atoms with Gasteiger partial charge in [-0.15, -0.1) is 0 Å². The molecule has 1 fully saturated rings. The van der Waals surface area contributed by atoms with Crippen LogP contribution in [0.3, 0.4) is 0 Å². The van der Waals surface area contributed by atoms with Crippen molar-refractivity contribution < 1.29 is 9.90 Å². The van der Waals surface area contributed by atoms with Gasteiger partial charge in [-0.3, -0.25) is 14.6 Å². The van der Waals surface area contributed by atoms with E-state index in [9.17, 15) is 14.7 Å². The average molecular weight is 333 g/mol. The number of aromatic nitrogens is 4. The quantitative estimate of drug-likeness (QED) is 0.769. The Balaban J connectivity index is 1.87. The predicted molar refractivity (Wildman–Crippen MR) is 90.1 cm³/mol. The summed E-state index contributed by atoms with van der Waals surface area (Å²) in [5.41, 5.74) is -0.104. The van der Waals surface area contributed by atoms with Crippen molar-refractivity contribution in [3.05, 3.63) is 16.6 Å². The maximum Gasteiger partial charge on any atom is 0.308 e. The Morgan fingerprint density at radius 1 is 1.50 bits per heavy atom. The summed E-state index contributed by atoms with van der Waals surface area (Å²) in [5.74, 6) is -0.794. The number of fused-ring (bicyclic) bond motifs is 1. The van der Waals surface area contributed by atoms with Crippen LogP contribution in [0.25, 0.3) is 11.0 Å². The molecule has 130 valence electrons. The van der Waals surface area contributed by atoms with Crippen LogP contribution in [0.5, 0.6) is 0 Å². The number of aliphatic carboxylic acids is 1. The molecule has 8 nitrogen and oxygen atoms in total. The first-order valence-corrected chi connectivity index (χ1v) is 8.22. The van der Waals surface area contributed by atoms with Gasteiger partial charge in [-0.25, -0.2) is 4.68 Å². The van der Waals surface area contributed by atoms with Crippen molar-refractivity contribution in [2.24, 2.45) is 11.8 Å². The Labute approximate surface area is 139 Å². The first-order valence-electron chi connectivity index (χ1n) is 8.22. The van der Waals surface area contributed by atoms with Crippen LogP contribution in [0.2, 0.25) is 0 Å². The molecule has 0 bridgehead atoms. The molecule has 1 unspecified atom stereocenters. The maximum absolute atomic E-state index is 12.2. The molecule has 2 aromatic rings. The molecule has 3 rings (SSSR count).